The molecule has 3 aliphatic rings. The number of esters is 1. The number of halogens is 5. The van der Waals surface area contributed by atoms with Crippen LogP contribution in [0.4, 0.5) is 17.6 Å². The van der Waals surface area contributed by atoms with Crippen LogP contribution in [0.1, 0.15) is 58.6 Å². The van der Waals surface area contributed by atoms with Gasteiger partial charge in [0.05, 0.1) is 5.41 Å². The van der Waals surface area contributed by atoms with E-state index in [4.69, 9.17) is 7.80 Å². The Morgan fingerprint density at radius 2 is 1.63 bits per heavy atom. The van der Waals surface area contributed by atoms with Crippen LogP contribution in [-0.4, -0.2) is 46.0 Å². The summed E-state index contributed by atoms with van der Waals surface area (Å²) in [6.45, 7) is 9.07. The molecular weight excluding hydrogens is 657 g/mol. The van der Waals surface area contributed by atoms with Gasteiger partial charge in [0.25, 0.3) is 0 Å². The van der Waals surface area contributed by atoms with Crippen LogP contribution in [0.25, 0.3) is 0 Å². The molecule has 11 heteroatoms. The minimum absolute atomic E-state index is 0.154. The molecule has 1 unspecified atom stereocenters. The summed E-state index contributed by atoms with van der Waals surface area (Å²) in [4.78, 5) is 27.5. The van der Waals surface area contributed by atoms with Gasteiger partial charge in [-0.2, -0.15) is 0 Å². The minimum atomic E-state index is -4.79. The van der Waals surface area contributed by atoms with Crippen LogP contribution in [0.2, 0.25) is 0 Å². The molecule has 5 rings (SSSR count). The molecule has 2 aliphatic heterocycles. The number of amides is 1. The fourth-order valence-corrected chi connectivity index (χ4v) is 11.2. The Hall–Kier alpha value is -2.41. The van der Waals surface area contributed by atoms with Gasteiger partial charge in [-0.25, -0.2) is 0 Å². The van der Waals surface area contributed by atoms with Crippen molar-refractivity contribution < 1.29 is 39.7 Å². The van der Waals surface area contributed by atoms with E-state index in [1.54, 1.807) is 39.1 Å². The summed E-state index contributed by atoms with van der Waals surface area (Å²) in [6, 6.07) is 11.7. The number of alkyl halides is 5. The molecule has 0 aromatic heterocycles. The SMILES string of the molecule is CN(CCc1ccc(OC(F)(F)C(F)(F)I2OC(C)(C)c3ccccc32)cc1)C(=O)[C@@]12CCC(C)(C(=O)O1)C2(C)C. The van der Waals surface area contributed by atoms with E-state index in [0.29, 0.717) is 30.4 Å². The second-order valence-electron chi connectivity index (χ2n) is 12.2. The van der Waals surface area contributed by atoms with Gasteiger partial charge >= 0.3 is 191 Å². The predicted octanol–water partition coefficient (Wildman–Crippen LogP) is 6.93. The first-order valence-corrected chi connectivity index (χ1v) is 16.5. The summed E-state index contributed by atoms with van der Waals surface area (Å²) in [5.41, 5.74) is -2.52. The second-order valence-corrected chi connectivity index (χ2v) is 16.6. The molecule has 1 saturated heterocycles. The number of benzene rings is 2. The van der Waals surface area contributed by atoms with Crippen molar-refractivity contribution in [1.82, 2.24) is 4.90 Å². The summed E-state index contributed by atoms with van der Waals surface area (Å²) in [5.74, 6) is -1.04. The third kappa shape index (κ3) is 4.35. The molecule has 0 spiro atoms. The van der Waals surface area contributed by atoms with E-state index >= 15 is 8.78 Å². The molecule has 2 aromatic rings. The molecule has 2 bridgehead atoms. The van der Waals surface area contributed by atoms with Crippen LogP contribution in [0.15, 0.2) is 48.5 Å². The molecule has 2 fully saturated rings. The van der Waals surface area contributed by atoms with Crippen LogP contribution >= 0.6 is 20.2 Å². The summed E-state index contributed by atoms with van der Waals surface area (Å²) >= 11 is -4.16. The third-order valence-electron chi connectivity index (χ3n) is 9.20. The first-order valence-electron chi connectivity index (χ1n) is 13.4. The average molecular weight is 691 g/mol. The summed E-state index contributed by atoms with van der Waals surface area (Å²) in [6.07, 6.45) is -3.40. The van der Waals surface area contributed by atoms with Gasteiger partial charge in [-0.3, -0.25) is 4.79 Å². The molecule has 1 amide bonds. The van der Waals surface area contributed by atoms with Crippen LogP contribution in [0, 0.1) is 14.4 Å². The van der Waals surface area contributed by atoms with Crippen molar-refractivity contribution in [2.24, 2.45) is 10.8 Å². The van der Waals surface area contributed by atoms with Gasteiger partial charge in [0.15, 0.2) is 0 Å². The number of ether oxygens (including phenoxy) is 2. The number of hydrogen-bond acceptors (Lipinski definition) is 5. The van der Waals surface area contributed by atoms with Crippen molar-refractivity contribution in [3.05, 3.63) is 63.2 Å². The molecule has 0 N–H and O–H groups in total. The molecule has 1 aliphatic carbocycles. The van der Waals surface area contributed by atoms with Crippen molar-refractivity contribution in [2.45, 2.75) is 75.1 Å². The molecule has 6 nitrogen and oxygen atoms in total. The van der Waals surface area contributed by atoms with Crippen molar-refractivity contribution in [3.63, 3.8) is 0 Å². The molecule has 1 saturated carbocycles. The van der Waals surface area contributed by atoms with Gasteiger partial charge in [0, 0.05) is 5.41 Å². The van der Waals surface area contributed by atoms with Crippen LogP contribution in [0.5, 0.6) is 5.75 Å². The van der Waals surface area contributed by atoms with Gasteiger partial charge in [-0.05, 0) is 19.8 Å². The number of carbonyl (C=O) groups excluding carboxylic acids is 2. The maximum atomic E-state index is 15.3. The minimum Gasteiger partial charge on any atom is -0.448 e. The Morgan fingerprint density at radius 1 is 1.00 bits per heavy atom. The Labute approximate surface area is 244 Å². The summed E-state index contributed by atoms with van der Waals surface area (Å²) < 4.78 is 72.0. The van der Waals surface area contributed by atoms with E-state index in [0.717, 1.165) is 0 Å². The third-order valence-corrected chi connectivity index (χ3v) is 14.6. The Bertz CT molecular complexity index is 1380. The van der Waals surface area contributed by atoms with E-state index < -0.39 is 58.1 Å². The van der Waals surface area contributed by atoms with Gasteiger partial charge < -0.3 is 4.74 Å². The molecule has 224 valence electrons. The average Bonchev–Trinajstić information content (AvgIpc) is 3.36. The Kier molecular flexibility index (Phi) is 7.00. The van der Waals surface area contributed by atoms with Crippen molar-refractivity contribution in [1.29, 1.82) is 0 Å². The molecule has 41 heavy (non-hydrogen) atoms. The zero-order valence-corrected chi connectivity index (χ0v) is 26.0. The number of carbonyl (C=O) groups is 2. The second kappa shape index (κ2) is 9.55. The number of nitrogens with zero attached hydrogens (tertiary/aromatic N) is 1. The Morgan fingerprint density at radius 3 is 2.22 bits per heavy atom. The summed E-state index contributed by atoms with van der Waals surface area (Å²) in [7, 11) is 1.63. The summed E-state index contributed by atoms with van der Waals surface area (Å²) in [5, 5.41) is 0. The van der Waals surface area contributed by atoms with Crippen molar-refractivity contribution in [3.8, 4) is 5.75 Å². The van der Waals surface area contributed by atoms with Gasteiger partial charge in [-0.15, -0.1) is 0 Å². The topological polar surface area (TPSA) is 65.1 Å². The van der Waals surface area contributed by atoms with Crippen molar-refractivity contribution in [2.75, 3.05) is 13.6 Å². The zero-order chi connectivity index (χ0) is 30.2. The monoisotopic (exact) mass is 691 g/mol. The van der Waals surface area contributed by atoms with Crippen LogP contribution in [-0.2, 0) is 29.4 Å². The maximum absolute atomic E-state index is 15.3. The normalized spacial score (nSPS) is 27.0. The first-order chi connectivity index (χ1) is 18.9. The first kappa shape index (κ1) is 30.1. The van der Waals surface area contributed by atoms with E-state index in [1.165, 1.54) is 35.2 Å². The smallest absolute Gasteiger partial charge is 0.448 e. The van der Waals surface area contributed by atoms with Crippen molar-refractivity contribution >= 4 is 32.1 Å². The number of rotatable bonds is 8. The molecule has 2 aromatic carbocycles. The fourth-order valence-electron chi connectivity index (χ4n) is 6.01. The fraction of sp³-hybridized carbons (Fsp3) is 0.533. The van der Waals surface area contributed by atoms with E-state index in [-0.39, 0.29) is 22.0 Å². The Balaban J connectivity index is 1.23. The number of likely N-dealkylation sites (N-methyl/N-ethyl adjacent to an activating group) is 1. The zero-order valence-electron chi connectivity index (χ0n) is 23.8. The van der Waals surface area contributed by atoms with Gasteiger partial charge in [0.1, 0.15) is 0 Å². The van der Waals surface area contributed by atoms with E-state index in [9.17, 15) is 18.4 Å². The van der Waals surface area contributed by atoms with Gasteiger partial charge in [-0.1, -0.05) is 13.8 Å². The molecule has 0 radical (unpaired) electrons. The van der Waals surface area contributed by atoms with Gasteiger partial charge in [0.2, 0.25) is 0 Å². The quantitative estimate of drug-likeness (QED) is 0.130. The van der Waals surface area contributed by atoms with E-state index in [2.05, 4.69) is 4.74 Å². The molecule has 2 heterocycles. The van der Waals surface area contributed by atoms with Crippen LogP contribution < -0.4 is 4.74 Å². The predicted molar refractivity (Wildman–Crippen MR) is 152 cm³/mol. The van der Waals surface area contributed by atoms with E-state index in [1.807, 2.05) is 20.8 Å². The standard InChI is InChI=1S/C30H34F4INO5/c1-25(2)21-9-7-8-10-22(21)35(41-25)29(31,32)30(33,34)39-20-13-11-19(12-14-20)15-18-36(6)23(37)28-17-16-27(5,24(38)40-28)26(28,3)4/h7-14H,15-18H2,1-6H3/t27?,28-/m1/s1. The number of fused-ring (bicyclic) bond motifs is 3. The number of hydrogen-bond donors (Lipinski definition) is 0. The van der Waals surface area contributed by atoms with Crippen LogP contribution in [0.3, 0.4) is 0 Å². The molecule has 2 atom stereocenters. The molecular formula is C30H34F4INO5.